The van der Waals surface area contributed by atoms with E-state index in [9.17, 15) is 9.59 Å². The van der Waals surface area contributed by atoms with Crippen LogP contribution in [0.25, 0.3) is 0 Å². The van der Waals surface area contributed by atoms with Gasteiger partial charge in [0.15, 0.2) is 0 Å². The molecule has 1 aliphatic rings. The zero-order chi connectivity index (χ0) is 18.2. The Morgan fingerprint density at radius 3 is 2.76 bits per heavy atom. The Morgan fingerprint density at radius 2 is 2.16 bits per heavy atom. The van der Waals surface area contributed by atoms with Crippen LogP contribution in [0.4, 0.5) is 5.69 Å². The van der Waals surface area contributed by atoms with Gasteiger partial charge < -0.3 is 14.6 Å². The molecular weight excluding hydrogens is 320 g/mol. The van der Waals surface area contributed by atoms with Crippen LogP contribution in [0.15, 0.2) is 22.9 Å². The highest BCUT2D eigenvalue weighted by atomic mass is 16.3. The zero-order valence-electron chi connectivity index (χ0n) is 15.0. The van der Waals surface area contributed by atoms with Crippen LogP contribution in [0.3, 0.4) is 0 Å². The number of aryl methyl sites for hydroxylation is 1. The topological polar surface area (TPSA) is 91.2 Å². The maximum absolute atomic E-state index is 12.8. The monoisotopic (exact) mass is 344 g/mol. The second kappa shape index (κ2) is 6.38. The van der Waals surface area contributed by atoms with Crippen LogP contribution < -0.4 is 5.32 Å². The zero-order valence-corrected chi connectivity index (χ0v) is 15.0. The molecule has 0 radical (unpaired) electrons. The normalized spacial score (nSPS) is 17.8. The van der Waals surface area contributed by atoms with E-state index < -0.39 is 0 Å². The van der Waals surface area contributed by atoms with Crippen LogP contribution in [-0.2, 0) is 10.2 Å². The van der Waals surface area contributed by atoms with Crippen molar-refractivity contribution in [1.29, 1.82) is 0 Å². The summed E-state index contributed by atoms with van der Waals surface area (Å²) >= 11 is 0. The van der Waals surface area contributed by atoms with Gasteiger partial charge in [-0.15, -0.1) is 0 Å². The third-order valence-electron chi connectivity index (χ3n) is 4.50. The molecule has 25 heavy (non-hydrogen) atoms. The Hall–Kier alpha value is -2.57. The molecule has 1 saturated heterocycles. The molecule has 0 bridgehead atoms. The average molecular weight is 344 g/mol. The van der Waals surface area contributed by atoms with Gasteiger partial charge in [-0.05, 0) is 19.4 Å². The number of nitrogens with zero attached hydrogens (tertiary/aromatic N) is 2. The molecule has 2 aromatic rings. The number of anilines is 1. The van der Waals surface area contributed by atoms with E-state index in [0.717, 1.165) is 5.76 Å². The van der Waals surface area contributed by atoms with Crippen LogP contribution in [0.2, 0.25) is 0 Å². The number of carbonyl (C=O) groups excluding carboxylic acids is 2. The molecular formula is C18H24N4O3. The highest BCUT2D eigenvalue weighted by Crippen LogP contribution is 2.29. The fourth-order valence-corrected chi connectivity index (χ4v) is 2.96. The largest absolute Gasteiger partial charge is 0.465 e. The van der Waals surface area contributed by atoms with Gasteiger partial charge in [0.2, 0.25) is 5.91 Å². The molecule has 0 spiro atoms. The molecule has 134 valence electrons. The van der Waals surface area contributed by atoms with Crippen LogP contribution in [-0.4, -0.2) is 40.0 Å². The van der Waals surface area contributed by atoms with E-state index in [0.29, 0.717) is 36.5 Å². The standard InChI is InChI=1S/C18H24N4O3/c1-11-14(7-15(25-11)18(2,3)4)17(24)22-6-5-12(10-22)16(23)21-13-8-19-20-9-13/h7-9,12H,5-6,10H2,1-4H3,(H,19,20)(H,21,23). The van der Waals surface area contributed by atoms with E-state index in [2.05, 4.69) is 15.5 Å². The number of aromatic nitrogens is 2. The van der Waals surface area contributed by atoms with Gasteiger partial charge in [-0.1, -0.05) is 20.8 Å². The first-order chi connectivity index (χ1) is 11.8. The summed E-state index contributed by atoms with van der Waals surface area (Å²) in [7, 11) is 0. The van der Waals surface area contributed by atoms with E-state index in [1.54, 1.807) is 17.3 Å². The second-order valence-corrected chi connectivity index (χ2v) is 7.54. The minimum Gasteiger partial charge on any atom is -0.465 e. The van der Waals surface area contributed by atoms with Crippen LogP contribution in [0.1, 0.15) is 49.1 Å². The Morgan fingerprint density at radius 1 is 1.40 bits per heavy atom. The molecule has 2 amide bonds. The molecule has 0 saturated carbocycles. The summed E-state index contributed by atoms with van der Waals surface area (Å²) in [5, 5.41) is 9.27. The number of likely N-dealkylation sites (tertiary alicyclic amines) is 1. The van der Waals surface area contributed by atoms with Gasteiger partial charge in [-0.2, -0.15) is 5.10 Å². The maximum atomic E-state index is 12.8. The molecule has 1 fully saturated rings. The lowest BCUT2D eigenvalue weighted by Gasteiger charge is -2.16. The summed E-state index contributed by atoms with van der Waals surface area (Å²) in [6.07, 6.45) is 3.83. The predicted molar refractivity (Wildman–Crippen MR) is 93.4 cm³/mol. The molecule has 7 nitrogen and oxygen atoms in total. The summed E-state index contributed by atoms with van der Waals surface area (Å²) < 4.78 is 5.77. The molecule has 1 atom stereocenters. The van der Waals surface area contributed by atoms with Crippen molar-refractivity contribution in [3.05, 3.63) is 35.5 Å². The lowest BCUT2D eigenvalue weighted by molar-refractivity contribution is -0.119. The van der Waals surface area contributed by atoms with Crippen molar-refractivity contribution < 1.29 is 14.0 Å². The number of H-pyrrole nitrogens is 1. The molecule has 2 aromatic heterocycles. The summed E-state index contributed by atoms with van der Waals surface area (Å²) in [6, 6.07) is 1.83. The van der Waals surface area contributed by atoms with Crippen LogP contribution >= 0.6 is 0 Å². The Balaban J connectivity index is 1.66. The third-order valence-corrected chi connectivity index (χ3v) is 4.50. The lowest BCUT2D eigenvalue weighted by Crippen LogP contribution is -2.31. The van der Waals surface area contributed by atoms with E-state index in [1.165, 1.54) is 0 Å². The number of amides is 2. The van der Waals surface area contributed by atoms with Gasteiger partial charge in [-0.25, -0.2) is 0 Å². The SMILES string of the molecule is Cc1oc(C(C)(C)C)cc1C(=O)N1CCC(C(=O)Nc2cn[nH]c2)C1. The summed E-state index contributed by atoms with van der Waals surface area (Å²) in [5.41, 5.74) is 1.07. The van der Waals surface area contributed by atoms with Gasteiger partial charge in [-0.3, -0.25) is 14.7 Å². The van der Waals surface area contributed by atoms with E-state index in [1.807, 2.05) is 33.8 Å². The fourth-order valence-electron chi connectivity index (χ4n) is 2.96. The maximum Gasteiger partial charge on any atom is 0.257 e. The van der Waals surface area contributed by atoms with Crippen LogP contribution in [0, 0.1) is 12.8 Å². The first-order valence-electron chi connectivity index (χ1n) is 8.45. The quantitative estimate of drug-likeness (QED) is 0.895. The van der Waals surface area contributed by atoms with Crippen molar-refractivity contribution in [2.45, 2.75) is 39.5 Å². The number of rotatable bonds is 3. The Kier molecular flexibility index (Phi) is 4.41. The van der Waals surface area contributed by atoms with Crippen molar-refractivity contribution in [3.8, 4) is 0 Å². The highest BCUT2D eigenvalue weighted by Gasteiger charge is 2.33. The first kappa shape index (κ1) is 17.3. The third kappa shape index (κ3) is 3.60. The van der Waals surface area contributed by atoms with Crippen molar-refractivity contribution in [3.63, 3.8) is 0 Å². The number of hydrogen-bond acceptors (Lipinski definition) is 4. The van der Waals surface area contributed by atoms with Gasteiger partial charge in [0, 0.05) is 24.7 Å². The minimum atomic E-state index is -0.215. The smallest absolute Gasteiger partial charge is 0.257 e. The van der Waals surface area contributed by atoms with Crippen LogP contribution in [0.5, 0.6) is 0 Å². The molecule has 0 aliphatic carbocycles. The molecule has 3 heterocycles. The predicted octanol–water partition coefficient (Wildman–Crippen LogP) is 2.71. The second-order valence-electron chi connectivity index (χ2n) is 7.54. The first-order valence-corrected chi connectivity index (χ1v) is 8.45. The summed E-state index contributed by atoms with van der Waals surface area (Å²) in [4.78, 5) is 26.8. The average Bonchev–Trinajstić information content (AvgIpc) is 3.25. The number of furan rings is 1. The molecule has 1 unspecified atom stereocenters. The summed E-state index contributed by atoms with van der Waals surface area (Å²) in [6.45, 7) is 8.93. The molecule has 2 N–H and O–H groups in total. The van der Waals surface area contributed by atoms with Gasteiger partial charge in [0.05, 0.1) is 23.4 Å². The highest BCUT2D eigenvalue weighted by molar-refractivity contribution is 5.97. The molecule has 1 aliphatic heterocycles. The fraction of sp³-hybridized carbons (Fsp3) is 0.500. The minimum absolute atomic E-state index is 0.0737. The van der Waals surface area contributed by atoms with Crippen molar-refractivity contribution in [2.24, 2.45) is 5.92 Å². The van der Waals surface area contributed by atoms with Gasteiger partial charge in [0.1, 0.15) is 11.5 Å². The number of aromatic amines is 1. The number of hydrogen-bond donors (Lipinski definition) is 2. The molecule has 0 aromatic carbocycles. The van der Waals surface area contributed by atoms with Gasteiger partial charge in [0.25, 0.3) is 5.91 Å². The molecule has 3 rings (SSSR count). The Labute approximate surface area is 146 Å². The van der Waals surface area contributed by atoms with E-state index in [4.69, 9.17) is 4.42 Å². The van der Waals surface area contributed by atoms with E-state index >= 15 is 0 Å². The van der Waals surface area contributed by atoms with E-state index in [-0.39, 0.29) is 23.1 Å². The Bertz CT molecular complexity index is 771. The number of carbonyl (C=O) groups is 2. The van der Waals surface area contributed by atoms with Crippen molar-refractivity contribution in [1.82, 2.24) is 15.1 Å². The molecule has 7 heteroatoms. The number of nitrogens with one attached hydrogen (secondary N) is 2. The van der Waals surface area contributed by atoms with Gasteiger partial charge >= 0.3 is 0 Å². The van der Waals surface area contributed by atoms with Crippen molar-refractivity contribution >= 4 is 17.5 Å². The lowest BCUT2D eigenvalue weighted by atomic mass is 9.93. The van der Waals surface area contributed by atoms with Crippen molar-refractivity contribution in [2.75, 3.05) is 18.4 Å². The summed E-state index contributed by atoms with van der Waals surface area (Å²) in [5.74, 6) is 1.04.